The third kappa shape index (κ3) is 3.87. The van der Waals surface area contributed by atoms with Gasteiger partial charge in [-0.1, -0.05) is 6.07 Å². The Morgan fingerprint density at radius 3 is 2.96 bits per heavy atom. The van der Waals surface area contributed by atoms with E-state index in [1.165, 1.54) is 11.3 Å². The molecule has 23 heavy (non-hydrogen) atoms. The monoisotopic (exact) mass is 348 g/mol. The third-order valence-electron chi connectivity index (χ3n) is 3.23. The van der Waals surface area contributed by atoms with Gasteiger partial charge in [0.1, 0.15) is 16.5 Å². The normalized spacial score (nSPS) is 10.8. The number of nitrogens with zero attached hydrogens (tertiary/aromatic N) is 2. The van der Waals surface area contributed by atoms with Gasteiger partial charge in [-0.05, 0) is 23.6 Å². The fraction of sp³-hybridized carbons (Fsp3) is 0.250. The van der Waals surface area contributed by atoms with Crippen molar-refractivity contribution in [2.45, 2.75) is 6.54 Å². The molecule has 0 N–H and O–H groups in total. The minimum absolute atomic E-state index is 0.113. The molecule has 0 aliphatic rings. The summed E-state index contributed by atoms with van der Waals surface area (Å²) in [6.45, 7) is 1.36. The van der Waals surface area contributed by atoms with Gasteiger partial charge >= 0.3 is 0 Å². The number of thiazole rings is 1. The lowest BCUT2D eigenvalue weighted by Crippen LogP contribution is -2.33. The van der Waals surface area contributed by atoms with Gasteiger partial charge in [-0.3, -0.25) is 4.79 Å². The standard InChI is InChI=1S/C16H16N2O3S2/c1-20-8-6-18(10-12-4-2-7-21-12)16(19)13-11-23-15(17-13)14-5-3-9-22-14/h2-5,7,9,11H,6,8,10H2,1H3. The highest BCUT2D eigenvalue weighted by molar-refractivity contribution is 7.20. The minimum atomic E-state index is -0.113. The van der Waals surface area contributed by atoms with Crippen molar-refractivity contribution in [3.05, 3.63) is 52.7 Å². The van der Waals surface area contributed by atoms with Gasteiger partial charge in [0.25, 0.3) is 5.91 Å². The first kappa shape index (κ1) is 15.9. The van der Waals surface area contributed by atoms with Crippen LogP contribution in [0.25, 0.3) is 9.88 Å². The van der Waals surface area contributed by atoms with Crippen LogP contribution in [0.2, 0.25) is 0 Å². The molecule has 3 aromatic rings. The summed E-state index contributed by atoms with van der Waals surface area (Å²) in [6, 6.07) is 7.64. The molecule has 0 aliphatic carbocycles. The number of ether oxygens (including phenoxy) is 1. The Bertz CT molecular complexity index is 735. The molecule has 0 atom stereocenters. The lowest BCUT2D eigenvalue weighted by molar-refractivity contribution is 0.0661. The van der Waals surface area contributed by atoms with Crippen LogP contribution in [0.15, 0.2) is 45.7 Å². The number of aromatic nitrogens is 1. The van der Waals surface area contributed by atoms with Gasteiger partial charge in [0.2, 0.25) is 0 Å². The van der Waals surface area contributed by atoms with Crippen LogP contribution in [0.3, 0.4) is 0 Å². The van der Waals surface area contributed by atoms with Gasteiger partial charge in [0, 0.05) is 19.0 Å². The first-order valence-corrected chi connectivity index (χ1v) is 8.84. The number of methoxy groups -OCH3 is 1. The Morgan fingerprint density at radius 1 is 1.35 bits per heavy atom. The smallest absolute Gasteiger partial charge is 0.273 e. The number of carbonyl (C=O) groups excluding carboxylic acids is 1. The van der Waals surface area contributed by atoms with E-state index in [-0.39, 0.29) is 5.91 Å². The van der Waals surface area contributed by atoms with Gasteiger partial charge in [-0.25, -0.2) is 4.98 Å². The molecule has 0 bridgehead atoms. The lowest BCUT2D eigenvalue weighted by atomic mass is 10.3. The Morgan fingerprint density at radius 2 is 2.26 bits per heavy atom. The molecule has 7 heteroatoms. The largest absolute Gasteiger partial charge is 0.467 e. The topological polar surface area (TPSA) is 55.6 Å². The maximum atomic E-state index is 12.7. The van der Waals surface area contributed by atoms with Crippen LogP contribution >= 0.6 is 22.7 Å². The average molecular weight is 348 g/mol. The number of rotatable bonds is 7. The van der Waals surface area contributed by atoms with Crippen LogP contribution in [0.4, 0.5) is 0 Å². The number of hydrogen-bond acceptors (Lipinski definition) is 6. The zero-order valence-corrected chi connectivity index (χ0v) is 14.2. The van der Waals surface area contributed by atoms with Gasteiger partial charge in [0.05, 0.1) is 24.3 Å². The number of hydrogen-bond donors (Lipinski definition) is 0. The fourth-order valence-corrected chi connectivity index (χ4v) is 3.70. The first-order valence-electron chi connectivity index (χ1n) is 7.08. The molecule has 0 unspecified atom stereocenters. The zero-order valence-electron chi connectivity index (χ0n) is 12.6. The quantitative estimate of drug-likeness (QED) is 0.652. The number of thiophene rings is 1. The van der Waals surface area contributed by atoms with Crippen molar-refractivity contribution in [3.8, 4) is 9.88 Å². The second kappa shape index (κ2) is 7.54. The van der Waals surface area contributed by atoms with Crippen LogP contribution in [0, 0.1) is 0 Å². The number of carbonyl (C=O) groups is 1. The summed E-state index contributed by atoms with van der Waals surface area (Å²) in [5.74, 6) is 0.626. The second-order valence-electron chi connectivity index (χ2n) is 4.81. The minimum Gasteiger partial charge on any atom is -0.467 e. The summed E-state index contributed by atoms with van der Waals surface area (Å²) < 4.78 is 10.4. The molecule has 3 aromatic heterocycles. The fourth-order valence-electron chi connectivity index (χ4n) is 2.09. The van der Waals surface area contributed by atoms with Gasteiger partial charge in [-0.2, -0.15) is 0 Å². The summed E-state index contributed by atoms with van der Waals surface area (Å²) in [7, 11) is 1.62. The van der Waals surface area contributed by atoms with Crippen molar-refractivity contribution in [1.82, 2.24) is 9.88 Å². The Kier molecular flexibility index (Phi) is 5.22. The molecule has 5 nitrogen and oxygen atoms in total. The molecule has 3 rings (SSSR count). The van der Waals surface area contributed by atoms with E-state index in [4.69, 9.17) is 9.15 Å². The highest BCUT2D eigenvalue weighted by atomic mass is 32.1. The number of amides is 1. The first-order chi connectivity index (χ1) is 11.3. The number of furan rings is 1. The molecule has 0 aliphatic heterocycles. The molecule has 0 fully saturated rings. The van der Waals surface area contributed by atoms with Crippen LogP contribution in [-0.4, -0.2) is 36.1 Å². The maximum Gasteiger partial charge on any atom is 0.273 e. The molecular weight excluding hydrogens is 332 g/mol. The molecule has 0 aromatic carbocycles. The van der Waals surface area contributed by atoms with Crippen molar-refractivity contribution in [3.63, 3.8) is 0 Å². The molecule has 120 valence electrons. The van der Waals surface area contributed by atoms with E-state index in [1.54, 1.807) is 35.0 Å². The van der Waals surface area contributed by atoms with Crippen molar-refractivity contribution in [2.24, 2.45) is 0 Å². The van der Waals surface area contributed by atoms with E-state index in [0.29, 0.717) is 25.4 Å². The Hall–Kier alpha value is -1.96. The van der Waals surface area contributed by atoms with Gasteiger partial charge in [-0.15, -0.1) is 22.7 Å². The molecule has 0 radical (unpaired) electrons. The Labute approximate surface area is 142 Å². The van der Waals surface area contributed by atoms with Crippen LogP contribution in [0.1, 0.15) is 16.2 Å². The summed E-state index contributed by atoms with van der Waals surface area (Å²) in [4.78, 5) is 20.0. The van der Waals surface area contributed by atoms with Crippen LogP contribution in [-0.2, 0) is 11.3 Å². The summed E-state index contributed by atoms with van der Waals surface area (Å²) in [5, 5.41) is 4.67. The van der Waals surface area contributed by atoms with E-state index < -0.39 is 0 Å². The zero-order chi connectivity index (χ0) is 16.1. The SMILES string of the molecule is COCCN(Cc1ccco1)C(=O)c1csc(-c2cccs2)n1. The summed E-state index contributed by atoms with van der Waals surface area (Å²) in [6.07, 6.45) is 1.60. The summed E-state index contributed by atoms with van der Waals surface area (Å²) in [5.41, 5.74) is 0.459. The van der Waals surface area contributed by atoms with E-state index >= 15 is 0 Å². The van der Waals surface area contributed by atoms with Crippen LogP contribution < -0.4 is 0 Å². The highest BCUT2D eigenvalue weighted by Gasteiger charge is 2.20. The van der Waals surface area contributed by atoms with Crippen LogP contribution in [0.5, 0.6) is 0 Å². The summed E-state index contributed by atoms with van der Waals surface area (Å²) >= 11 is 3.10. The Balaban J connectivity index is 1.77. The average Bonchev–Trinajstić information content (AvgIpc) is 3.32. The highest BCUT2D eigenvalue weighted by Crippen LogP contribution is 2.28. The molecule has 0 saturated heterocycles. The van der Waals surface area contributed by atoms with Gasteiger partial charge < -0.3 is 14.1 Å². The predicted octanol–water partition coefficient (Wildman–Crippen LogP) is 3.75. The van der Waals surface area contributed by atoms with E-state index in [0.717, 1.165) is 15.6 Å². The molecule has 0 spiro atoms. The molecule has 1 amide bonds. The van der Waals surface area contributed by atoms with E-state index in [2.05, 4.69) is 4.98 Å². The van der Waals surface area contributed by atoms with Crippen molar-refractivity contribution in [2.75, 3.05) is 20.3 Å². The molecular formula is C16H16N2O3S2. The van der Waals surface area contributed by atoms with Gasteiger partial charge in [0.15, 0.2) is 0 Å². The third-order valence-corrected chi connectivity index (χ3v) is 5.12. The molecule has 3 heterocycles. The maximum absolute atomic E-state index is 12.7. The lowest BCUT2D eigenvalue weighted by Gasteiger charge is -2.20. The van der Waals surface area contributed by atoms with Crippen molar-refractivity contribution < 1.29 is 13.9 Å². The van der Waals surface area contributed by atoms with Crippen molar-refractivity contribution in [1.29, 1.82) is 0 Å². The van der Waals surface area contributed by atoms with Crippen molar-refractivity contribution >= 4 is 28.6 Å². The molecule has 0 saturated carbocycles. The second-order valence-corrected chi connectivity index (χ2v) is 6.62. The van der Waals surface area contributed by atoms with E-state index in [9.17, 15) is 4.79 Å². The van der Waals surface area contributed by atoms with E-state index in [1.807, 2.05) is 29.6 Å². The predicted molar refractivity (Wildman–Crippen MR) is 90.8 cm³/mol.